The number of carbonyl (C=O) groups excluding carboxylic acids is 1. The van der Waals surface area contributed by atoms with Gasteiger partial charge in [0.2, 0.25) is 5.91 Å². The maximum Gasteiger partial charge on any atom is 0.501 e. The zero-order valence-electron chi connectivity index (χ0n) is 11.4. The highest BCUT2D eigenvalue weighted by atomic mass is 32.2. The molecule has 2 N–H and O–H groups in total. The summed E-state index contributed by atoms with van der Waals surface area (Å²) in [6.45, 7) is 0. The van der Waals surface area contributed by atoms with E-state index in [2.05, 4.69) is 0 Å². The van der Waals surface area contributed by atoms with E-state index in [1.807, 2.05) is 5.43 Å². The summed E-state index contributed by atoms with van der Waals surface area (Å²) in [6.07, 6.45) is 1.62. The summed E-state index contributed by atoms with van der Waals surface area (Å²) in [5.74, 6) is -0.636. The molecule has 0 saturated heterocycles. The Balaban J connectivity index is 2.98. The number of benzene rings is 1. The van der Waals surface area contributed by atoms with Gasteiger partial charge in [-0.3, -0.25) is 10.2 Å². The van der Waals surface area contributed by atoms with E-state index in [1.54, 1.807) is 11.1 Å². The number of nitrogens with one attached hydrogen (secondary N) is 2. The van der Waals surface area contributed by atoms with Crippen LogP contribution in [0, 0.1) is 0 Å². The zero-order chi connectivity index (χ0) is 17.9. The van der Waals surface area contributed by atoms with Crippen LogP contribution in [0.3, 0.4) is 0 Å². The highest BCUT2D eigenvalue weighted by molar-refractivity contribution is 7.99. The highest BCUT2D eigenvalue weighted by Gasteiger charge is 2.46. The standard InChI is InChI=1S/C10H11F3N2O5S3/c1-21-6-9(16)14-15-23(19,20)8-4-2-7(3-5-8)22(17,18)10(11,12)13/h2-5,15H,6H2,1H3,(H,14,16). The molecule has 1 aromatic carbocycles. The minimum atomic E-state index is -5.56. The summed E-state index contributed by atoms with van der Waals surface area (Å²) in [4.78, 5) is 11.3. The number of alkyl halides is 3. The third-order valence-electron chi connectivity index (χ3n) is 2.35. The first kappa shape index (κ1) is 19.7. The van der Waals surface area contributed by atoms with Crippen molar-refractivity contribution < 1.29 is 34.8 Å². The van der Waals surface area contributed by atoms with Crippen molar-refractivity contribution in [2.75, 3.05) is 12.0 Å². The molecule has 0 bridgehead atoms. The van der Waals surface area contributed by atoms with E-state index >= 15 is 0 Å². The molecule has 0 atom stereocenters. The van der Waals surface area contributed by atoms with Gasteiger partial charge in [0, 0.05) is 0 Å². The smallest absolute Gasteiger partial charge is 0.277 e. The molecular weight excluding hydrogens is 381 g/mol. The van der Waals surface area contributed by atoms with Crippen LogP contribution in [0.4, 0.5) is 13.2 Å². The van der Waals surface area contributed by atoms with Crippen molar-refractivity contribution >= 4 is 37.5 Å². The second-order valence-electron chi connectivity index (χ2n) is 4.01. The monoisotopic (exact) mass is 392 g/mol. The van der Waals surface area contributed by atoms with Crippen LogP contribution in [-0.2, 0) is 24.7 Å². The van der Waals surface area contributed by atoms with Gasteiger partial charge in [-0.05, 0) is 30.5 Å². The maximum atomic E-state index is 12.4. The first-order valence-electron chi connectivity index (χ1n) is 5.63. The van der Waals surface area contributed by atoms with E-state index in [9.17, 15) is 34.8 Å². The summed E-state index contributed by atoms with van der Waals surface area (Å²) in [7, 11) is -9.80. The Morgan fingerprint density at radius 1 is 1.09 bits per heavy atom. The van der Waals surface area contributed by atoms with Crippen molar-refractivity contribution in [3.63, 3.8) is 0 Å². The Kier molecular flexibility index (Phi) is 6.06. The predicted octanol–water partition coefficient (Wildman–Crippen LogP) is 0.653. The summed E-state index contributed by atoms with van der Waals surface area (Å²) < 4.78 is 83.0. The fraction of sp³-hybridized carbons (Fsp3) is 0.300. The topological polar surface area (TPSA) is 109 Å². The van der Waals surface area contributed by atoms with Crippen LogP contribution >= 0.6 is 11.8 Å². The number of thioether (sulfide) groups is 1. The Morgan fingerprint density at radius 3 is 2.00 bits per heavy atom. The quantitative estimate of drug-likeness (QED) is 0.688. The molecule has 23 heavy (non-hydrogen) atoms. The van der Waals surface area contributed by atoms with Gasteiger partial charge in [0.25, 0.3) is 19.9 Å². The van der Waals surface area contributed by atoms with Crippen molar-refractivity contribution in [2.45, 2.75) is 15.3 Å². The Labute approximate surface area is 134 Å². The number of hydrazine groups is 1. The van der Waals surface area contributed by atoms with Crippen molar-refractivity contribution in [3.8, 4) is 0 Å². The minimum Gasteiger partial charge on any atom is -0.277 e. The molecule has 1 aromatic rings. The largest absolute Gasteiger partial charge is 0.501 e. The van der Waals surface area contributed by atoms with Gasteiger partial charge in [0.15, 0.2) is 0 Å². The third-order valence-corrected chi connectivity index (χ3v) is 5.67. The van der Waals surface area contributed by atoms with E-state index in [-0.39, 0.29) is 5.75 Å². The van der Waals surface area contributed by atoms with Gasteiger partial charge in [0.1, 0.15) is 0 Å². The predicted molar refractivity (Wildman–Crippen MR) is 76.5 cm³/mol. The van der Waals surface area contributed by atoms with Crippen LogP contribution in [0.5, 0.6) is 0 Å². The summed E-state index contributed by atoms with van der Waals surface area (Å²) in [5, 5.41) is 0. The van der Waals surface area contributed by atoms with Crippen LogP contribution in [-0.4, -0.2) is 40.3 Å². The number of rotatable bonds is 6. The lowest BCUT2D eigenvalue weighted by Gasteiger charge is -2.10. The Hall–Kier alpha value is -1.31. The highest BCUT2D eigenvalue weighted by Crippen LogP contribution is 2.30. The number of amides is 1. The average molecular weight is 392 g/mol. The molecule has 1 rings (SSSR count). The van der Waals surface area contributed by atoms with Crippen LogP contribution < -0.4 is 10.3 Å². The molecule has 0 aliphatic carbocycles. The van der Waals surface area contributed by atoms with Crippen LogP contribution in [0.15, 0.2) is 34.1 Å². The molecule has 0 aliphatic rings. The molecule has 0 spiro atoms. The maximum absolute atomic E-state index is 12.4. The number of halogens is 3. The van der Waals surface area contributed by atoms with Crippen molar-refractivity contribution in [1.82, 2.24) is 10.3 Å². The Bertz CT molecular complexity index is 773. The lowest BCUT2D eigenvalue weighted by atomic mass is 10.4. The molecule has 0 unspecified atom stereocenters. The van der Waals surface area contributed by atoms with Crippen LogP contribution in [0.2, 0.25) is 0 Å². The molecule has 130 valence electrons. The molecule has 1 amide bonds. The summed E-state index contributed by atoms with van der Waals surface area (Å²) in [5.41, 5.74) is -3.59. The van der Waals surface area contributed by atoms with E-state index in [4.69, 9.17) is 0 Å². The molecule has 0 aromatic heterocycles. The van der Waals surface area contributed by atoms with E-state index in [1.165, 1.54) is 0 Å². The average Bonchev–Trinajstić information content (AvgIpc) is 2.44. The van der Waals surface area contributed by atoms with Gasteiger partial charge in [-0.1, -0.05) is 0 Å². The van der Waals surface area contributed by atoms with Crippen molar-refractivity contribution in [2.24, 2.45) is 0 Å². The Morgan fingerprint density at radius 2 is 1.57 bits per heavy atom. The van der Waals surface area contributed by atoms with Gasteiger partial charge in [-0.25, -0.2) is 16.8 Å². The molecule has 0 saturated carbocycles. The third kappa shape index (κ3) is 4.83. The first-order valence-corrected chi connectivity index (χ1v) is 9.99. The first-order chi connectivity index (χ1) is 10.4. The second-order valence-corrected chi connectivity index (χ2v) is 8.50. The lowest BCUT2D eigenvalue weighted by molar-refractivity contribution is -0.119. The molecule has 13 heteroatoms. The van der Waals surface area contributed by atoms with Gasteiger partial charge in [-0.2, -0.15) is 24.9 Å². The van der Waals surface area contributed by atoms with Gasteiger partial charge < -0.3 is 0 Å². The molecule has 0 radical (unpaired) electrons. The molecule has 7 nitrogen and oxygen atoms in total. The number of sulfone groups is 1. The van der Waals surface area contributed by atoms with E-state index < -0.39 is 41.1 Å². The fourth-order valence-corrected chi connectivity index (χ4v) is 3.24. The summed E-state index contributed by atoms with van der Waals surface area (Å²) in [6, 6.07) is 2.39. The van der Waals surface area contributed by atoms with Gasteiger partial charge >= 0.3 is 5.51 Å². The molecular formula is C10H11F3N2O5S3. The molecule has 0 heterocycles. The van der Waals surface area contributed by atoms with Gasteiger partial charge in [0.05, 0.1) is 15.5 Å². The summed E-state index contributed by atoms with van der Waals surface area (Å²) >= 11 is 1.14. The van der Waals surface area contributed by atoms with E-state index in [0.717, 1.165) is 11.8 Å². The van der Waals surface area contributed by atoms with Crippen LogP contribution in [0.1, 0.15) is 0 Å². The van der Waals surface area contributed by atoms with E-state index in [0.29, 0.717) is 24.3 Å². The number of carbonyl (C=O) groups is 1. The SMILES string of the molecule is CSCC(=O)NNS(=O)(=O)c1ccc(S(=O)(=O)C(F)(F)F)cc1. The van der Waals surface area contributed by atoms with Crippen molar-refractivity contribution in [1.29, 1.82) is 0 Å². The molecule has 0 aliphatic heterocycles. The molecule has 0 fully saturated rings. The number of hydrogen-bond donors (Lipinski definition) is 2. The zero-order valence-corrected chi connectivity index (χ0v) is 13.9. The normalized spacial score (nSPS) is 12.9. The van der Waals surface area contributed by atoms with Crippen molar-refractivity contribution in [3.05, 3.63) is 24.3 Å². The van der Waals surface area contributed by atoms with Gasteiger partial charge in [-0.15, -0.1) is 4.83 Å². The van der Waals surface area contributed by atoms with Crippen LogP contribution in [0.25, 0.3) is 0 Å². The fourth-order valence-electron chi connectivity index (χ4n) is 1.28. The number of hydrogen-bond acceptors (Lipinski definition) is 6. The number of sulfonamides is 1. The second kappa shape index (κ2) is 7.07. The minimum absolute atomic E-state index is 0.00865. The lowest BCUT2D eigenvalue weighted by Crippen LogP contribution is -2.42.